The molecule has 23 heavy (non-hydrogen) atoms. The van der Waals surface area contributed by atoms with Crippen LogP contribution in [0.4, 0.5) is 0 Å². The van der Waals surface area contributed by atoms with Gasteiger partial charge in [-0.15, -0.1) is 0 Å². The number of fused-ring (bicyclic) bond motifs is 1. The molecule has 0 spiro atoms. The summed E-state index contributed by atoms with van der Waals surface area (Å²) in [4.78, 5) is 33.2. The largest absolute Gasteiger partial charge is 0.376 e. The minimum atomic E-state index is -0.0866. The molecule has 3 rings (SSSR count). The number of hydrogen-bond acceptors (Lipinski definition) is 5. The van der Waals surface area contributed by atoms with Crippen LogP contribution >= 0.6 is 0 Å². The quantitative estimate of drug-likeness (QED) is 0.856. The average molecular weight is 321 g/mol. The molecule has 126 valence electrons. The molecule has 0 saturated carbocycles. The van der Waals surface area contributed by atoms with Gasteiger partial charge >= 0.3 is 0 Å². The molecule has 0 aromatic carbocycles. The van der Waals surface area contributed by atoms with Crippen molar-refractivity contribution in [2.45, 2.75) is 38.7 Å². The van der Waals surface area contributed by atoms with Gasteiger partial charge in [-0.05, 0) is 26.2 Å². The van der Waals surface area contributed by atoms with Crippen LogP contribution in [0.5, 0.6) is 0 Å². The van der Waals surface area contributed by atoms with Crippen LogP contribution in [-0.4, -0.2) is 59.8 Å². The van der Waals surface area contributed by atoms with Gasteiger partial charge < -0.3 is 19.4 Å². The minimum absolute atomic E-state index is 0.0380. The first kappa shape index (κ1) is 16.1. The van der Waals surface area contributed by atoms with Crippen LogP contribution in [0.15, 0.2) is 4.79 Å². The van der Waals surface area contributed by atoms with Crippen molar-refractivity contribution in [1.82, 2.24) is 14.9 Å². The second-order valence-corrected chi connectivity index (χ2v) is 6.11. The van der Waals surface area contributed by atoms with E-state index in [1.54, 1.807) is 11.8 Å². The van der Waals surface area contributed by atoms with Gasteiger partial charge in [-0.1, -0.05) is 0 Å². The van der Waals surface area contributed by atoms with Crippen molar-refractivity contribution >= 4 is 5.91 Å². The third kappa shape index (κ3) is 3.97. The fraction of sp³-hybridized carbons (Fsp3) is 0.688. The molecular weight excluding hydrogens is 298 g/mol. The lowest BCUT2D eigenvalue weighted by Gasteiger charge is -2.20. The molecule has 7 heteroatoms. The van der Waals surface area contributed by atoms with Gasteiger partial charge in [-0.2, -0.15) is 0 Å². The number of nitrogens with zero attached hydrogens (tertiary/aromatic N) is 2. The van der Waals surface area contributed by atoms with E-state index in [0.29, 0.717) is 43.9 Å². The summed E-state index contributed by atoms with van der Waals surface area (Å²) in [5.74, 6) is 0.581. The number of rotatable bonds is 4. The molecule has 7 nitrogen and oxygen atoms in total. The number of aryl methyl sites for hydroxylation is 1. The van der Waals surface area contributed by atoms with E-state index in [0.717, 1.165) is 25.1 Å². The summed E-state index contributed by atoms with van der Waals surface area (Å²) in [6.45, 7) is 4.20. The van der Waals surface area contributed by atoms with Crippen molar-refractivity contribution in [1.29, 1.82) is 0 Å². The molecule has 1 aromatic heterocycles. The van der Waals surface area contributed by atoms with Crippen molar-refractivity contribution in [2.24, 2.45) is 0 Å². The first-order chi connectivity index (χ1) is 11.1. The second kappa shape index (κ2) is 7.23. The Bertz CT molecular complexity index is 622. The van der Waals surface area contributed by atoms with E-state index in [9.17, 15) is 9.59 Å². The van der Waals surface area contributed by atoms with Crippen LogP contribution in [0.1, 0.15) is 29.9 Å². The molecule has 1 unspecified atom stereocenters. The molecular formula is C16H23N3O4. The lowest BCUT2D eigenvalue weighted by atomic mass is 10.1. The summed E-state index contributed by atoms with van der Waals surface area (Å²) >= 11 is 0. The van der Waals surface area contributed by atoms with Gasteiger partial charge in [0.2, 0.25) is 5.91 Å². The van der Waals surface area contributed by atoms with Gasteiger partial charge in [0.1, 0.15) is 12.4 Å². The SMILES string of the molecule is Cc1nc2c(c(=O)[nH]1)CCN(C(=O)COCC1CCCO1)CC2. The molecule has 0 aliphatic carbocycles. The summed E-state index contributed by atoms with van der Waals surface area (Å²) in [5.41, 5.74) is 1.42. The minimum Gasteiger partial charge on any atom is -0.376 e. The van der Waals surface area contributed by atoms with Crippen LogP contribution in [0.3, 0.4) is 0 Å². The van der Waals surface area contributed by atoms with Crippen LogP contribution in [-0.2, 0) is 27.1 Å². The first-order valence-corrected chi connectivity index (χ1v) is 8.19. The molecule has 2 aliphatic heterocycles. The lowest BCUT2D eigenvalue weighted by Crippen LogP contribution is -2.36. The summed E-state index contributed by atoms with van der Waals surface area (Å²) in [7, 11) is 0. The summed E-state index contributed by atoms with van der Waals surface area (Å²) in [6.07, 6.45) is 3.34. The maximum absolute atomic E-state index is 12.3. The molecule has 1 N–H and O–H groups in total. The van der Waals surface area contributed by atoms with Crippen molar-refractivity contribution < 1.29 is 14.3 Å². The number of nitrogens with one attached hydrogen (secondary N) is 1. The highest BCUT2D eigenvalue weighted by molar-refractivity contribution is 5.77. The van der Waals surface area contributed by atoms with E-state index in [-0.39, 0.29) is 24.2 Å². The Morgan fingerprint density at radius 1 is 1.43 bits per heavy atom. The van der Waals surface area contributed by atoms with E-state index in [1.165, 1.54) is 0 Å². The summed E-state index contributed by atoms with van der Waals surface area (Å²) in [5, 5.41) is 0. The van der Waals surface area contributed by atoms with Crippen LogP contribution in [0, 0.1) is 6.92 Å². The highest BCUT2D eigenvalue weighted by Gasteiger charge is 2.22. The fourth-order valence-electron chi connectivity index (χ4n) is 3.13. The van der Waals surface area contributed by atoms with Crippen LogP contribution in [0.25, 0.3) is 0 Å². The predicted molar refractivity (Wildman–Crippen MR) is 83.4 cm³/mol. The molecule has 1 fully saturated rings. The van der Waals surface area contributed by atoms with Crippen molar-refractivity contribution in [2.75, 3.05) is 32.9 Å². The molecule has 0 radical (unpaired) electrons. The Labute approximate surface area is 135 Å². The van der Waals surface area contributed by atoms with E-state index in [4.69, 9.17) is 9.47 Å². The van der Waals surface area contributed by atoms with Crippen LogP contribution < -0.4 is 5.56 Å². The molecule has 1 amide bonds. The fourth-order valence-corrected chi connectivity index (χ4v) is 3.13. The number of aromatic amines is 1. The van der Waals surface area contributed by atoms with E-state index < -0.39 is 0 Å². The van der Waals surface area contributed by atoms with Crippen LogP contribution in [0.2, 0.25) is 0 Å². The molecule has 1 saturated heterocycles. The van der Waals surface area contributed by atoms with Crippen molar-refractivity contribution in [3.63, 3.8) is 0 Å². The smallest absolute Gasteiger partial charge is 0.254 e. The lowest BCUT2D eigenvalue weighted by molar-refractivity contribution is -0.137. The van der Waals surface area contributed by atoms with E-state index in [1.807, 2.05) is 0 Å². The van der Waals surface area contributed by atoms with Gasteiger partial charge in [0.25, 0.3) is 5.56 Å². The zero-order valence-corrected chi connectivity index (χ0v) is 13.5. The average Bonchev–Trinajstić information content (AvgIpc) is 2.92. The standard InChI is InChI=1S/C16H23N3O4/c1-11-17-14-5-7-19(6-4-13(14)16(21)18-11)15(20)10-22-9-12-3-2-8-23-12/h12H,2-10H2,1H3,(H,17,18,21). The van der Waals surface area contributed by atoms with Gasteiger partial charge in [-0.3, -0.25) is 9.59 Å². The molecule has 2 aliphatic rings. The summed E-state index contributed by atoms with van der Waals surface area (Å²) < 4.78 is 11.0. The topological polar surface area (TPSA) is 84.5 Å². The number of carbonyl (C=O) groups excluding carboxylic acids is 1. The Morgan fingerprint density at radius 2 is 2.26 bits per heavy atom. The number of hydrogen-bond donors (Lipinski definition) is 1. The number of amides is 1. The molecule has 3 heterocycles. The number of H-pyrrole nitrogens is 1. The third-order valence-corrected chi connectivity index (χ3v) is 4.38. The highest BCUT2D eigenvalue weighted by atomic mass is 16.5. The van der Waals surface area contributed by atoms with Crippen molar-refractivity contribution in [3.05, 3.63) is 27.4 Å². The van der Waals surface area contributed by atoms with Gasteiger partial charge in [-0.25, -0.2) is 4.98 Å². The Kier molecular flexibility index (Phi) is 5.07. The first-order valence-electron chi connectivity index (χ1n) is 8.19. The van der Waals surface area contributed by atoms with Gasteiger partial charge in [0.15, 0.2) is 0 Å². The number of carbonyl (C=O) groups is 1. The predicted octanol–water partition coefficient (Wildman–Crippen LogP) is 0.201. The monoisotopic (exact) mass is 321 g/mol. The second-order valence-electron chi connectivity index (χ2n) is 6.11. The zero-order chi connectivity index (χ0) is 16.2. The Hall–Kier alpha value is -1.73. The highest BCUT2D eigenvalue weighted by Crippen LogP contribution is 2.13. The normalized spacial score (nSPS) is 21.1. The summed E-state index contributed by atoms with van der Waals surface area (Å²) in [6, 6.07) is 0. The maximum atomic E-state index is 12.3. The third-order valence-electron chi connectivity index (χ3n) is 4.38. The van der Waals surface area contributed by atoms with Crippen molar-refractivity contribution in [3.8, 4) is 0 Å². The molecule has 1 atom stereocenters. The van der Waals surface area contributed by atoms with Gasteiger partial charge in [0.05, 0.1) is 18.4 Å². The van der Waals surface area contributed by atoms with E-state index >= 15 is 0 Å². The number of ether oxygens (including phenoxy) is 2. The van der Waals surface area contributed by atoms with Gasteiger partial charge in [0, 0.05) is 31.7 Å². The number of aromatic nitrogens is 2. The molecule has 0 bridgehead atoms. The van der Waals surface area contributed by atoms with E-state index in [2.05, 4.69) is 9.97 Å². The zero-order valence-electron chi connectivity index (χ0n) is 13.5. The maximum Gasteiger partial charge on any atom is 0.254 e. The Morgan fingerprint density at radius 3 is 3.04 bits per heavy atom. The Balaban J connectivity index is 1.53. The molecule has 1 aromatic rings.